The van der Waals surface area contributed by atoms with E-state index < -0.39 is 43.9 Å². The molecular formula is C28H32O7S2. The van der Waals surface area contributed by atoms with Crippen molar-refractivity contribution >= 4 is 32.6 Å². The maximum Gasteiger partial charge on any atom is 0.323 e. The van der Waals surface area contributed by atoms with Crippen molar-refractivity contribution in [1.29, 1.82) is 0 Å². The quantitative estimate of drug-likeness (QED) is 0.261. The van der Waals surface area contributed by atoms with Crippen LogP contribution in [0.25, 0.3) is 0 Å². The zero-order valence-electron chi connectivity index (χ0n) is 21.4. The van der Waals surface area contributed by atoms with Gasteiger partial charge in [0.25, 0.3) is 0 Å². The molecule has 1 saturated carbocycles. The Labute approximate surface area is 220 Å². The molecule has 0 bridgehead atoms. The van der Waals surface area contributed by atoms with Crippen molar-refractivity contribution in [2.45, 2.75) is 42.9 Å². The van der Waals surface area contributed by atoms with Gasteiger partial charge in [-0.1, -0.05) is 53.1 Å². The molecular weight excluding hydrogens is 512 g/mol. The molecule has 0 spiro atoms. The van der Waals surface area contributed by atoms with Gasteiger partial charge in [0.05, 0.1) is 29.9 Å². The minimum Gasteiger partial charge on any atom is -0.468 e. The number of aryl methyl sites for hydroxylation is 2. The minimum absolute atomic E-state index is 0.0130. The first-order valence-electron chi connectivity index (χ1n) is 11.8. The smallest absolute Gasteiger partial charge is 0.323 e. The highest BCUT2D eigenvalue weighted by Crippen LogP contribution is 2.48. The molecule has 9 heteroatoms. The Morgan fingerprint density at radius 2 is 1.51 bits per heavy atom. The molecule has 37 heavy (non-hydrogen) atoms. The summed E-state index contributed by atoms with van der Waals surface area (Å²) in [6.45, 7) is 3.83. The van der Waals surface area contributed by atoms with Gasteiger partial charge in [-0.15, -0.1) is 0 Å². The summed E-state index contributed by atoms with van der Waals surface area (Å²) in [5, 5.41) is 1.12. The van der Waals surface area contributed by atoms with E-state index in [1.54, 1.807) is 12.1 Å². The molecule has 1 aliphatic carbocycles. The van der Waals surface area contributed by atoms with Crippen LogP contribution in [0.15, 0.2) is 81.5 Å². The van der Waals surface area contributed by atoms with Gasteiger partial charge in [-0.3, -0.25) is 13.8 Å². The first-order chi connectivity index (χ1) is 17.5. The molecule has 198 valence electrons. The van der Waals surface area contributed by atoms with Gasteiger partial charge >= 0.3 is 11.9 Å². The van der Waals surface area contributed by atoms with Crippen molar-refractivity contribution in [3.05, 3.63) is 82.8 Å². The number of hydrogen-bond donors (Lipinski definition) is 0. The molecule has 1 aliphatic rings. The summed E-state index contributed by atoms with van der Waals surface area (Å²) in [6.07, 6.45) is 3.81. The van der Waals surface area contributed by atoms with Crippen molar-refractivity contribution in [3.8, 4) is 0 Å². The van der Waals surface area contributed by atoms with E-state index in [1.807, 2.05) is 44.2 Å². The number of esters is 2. The number of benzene rings is 2. The molecule has 2 atom stereocenters. The average molecular weight is 545 g/mol. The van der Waals surface area contributed by atoms with Crippen molar-refractivity contribution in [1.82, 2.24) is 0 Å². The van der Waals surface area contributed by atoms with E-state index in [-0.39, 0.29) is 17.7 Å². The molecule has 0 N–H and O–H groups in total. The number of sulfone groups is 1. The second-order valence-electron chi connectivity index (χ2n) is 9.17. The molecule has 2 aromatic rings. The highest BCUT2D eigenvalue weighted by atomic mass is 32.2. The van der Waals surface area contributed by atoms with Gasteiger partial charge in [0.15, 0.2) is 15.3 Å². The van der Waals surface area contributed by atoms with Crippen molar-refractivity contribution < 1.29 is 31.7 Å². The summed E-state index contributed by atoms with van der Waals surface area (Å²) < 4.78 is 48.4. The largest absolute Gasteiger partial charge is 0.468 e. The Hall–Kier alpha value is -3.04. The number of methoxy groups -OCH3 is 2. The molecule has 0 heterocycles. The fourth-order valence-corrected chi connectivity index (χ4v) is 6.50. The molecule has 0 radical (unpaired) electrons. The van der Waals surface area contributed by atoms with Crippen LogP contribution < -0.4 is 0 Å². The van der Waals surface area contributed by atoms with Crippen molar-refractivity contribution in [2.75, 3.05) is 20.0 Å². The van der Waals surface area contributed by atoms with E-state index in [1.165, 1.54) is 32.4 Å². The second-order valence-corrected chi connectivity index (χ2v) is 12.6. The molecule has 0 saturated heterocycles. The lowest BCUT2D eigenvalue weighted by Gasteiger charge is -2.22. The Bertz CT molecular complexity index is 1310. The fourth-order valence-electron chi connectivity index (χ4n) is 4.42. The van der Waals surface area contributed by atoms with Crippen LogP contribution in [0.5, 0.6) is 0 Å². The summed E-state index contributed by atoms with van der Waals surface area (Å²) in [5.41, 5.74) is 1.14. The zero-order valence-corrected chi connectivity index (χ0v) is 23.1. The summed E-state index contributed by atoms with van der Waals surface area (Å²) in [7, 11) is -2.57. The third kappa shape index (κ3) is 6.64. The van der Waals surface area contributed by atoms with Gasteiger partial charge in [0, 0.05) is 22.0 Å². The molecule has 0 aromatic heterocycles. The maximum absolute atomic E-state index is 12.9. The first kappa shape index (κ1) is 28.5. The highest BCUT2D eigenvalue weighted by Gasteiger charge is 2.54. The third-order valence-corrected chi connectivity index (χ3v) is 9.39. The summed E-state index contributed by atoms with van der Waals surface area (Å²) in [5.74, 6) is -1.64. The number of carbonyl (C=O) groups is 2. The number of rotatable bonds is 9. The normalized spacial score (nSPS) is 19.1. The van der Waals surface area contributed by atoms with E-state index in [0.29, 0.717) is 17.7 Å². The molecule has 3 rings (SSSR count). The zero-order chi connectivity index (χ0) is 27.2. The summed E-state index contributed by atoms with van der Waals surface area (Å²) in [4.78, 5) is 26.3. The van der Waals surface area contributed by atoms with Crippen LogP contribution in [0.3, 0.4) is 0 Å². The Kier molecular flexibility index (Phi) is 9.26. The SMILES string of the molecule is COC(=O)C1(C(=O)OC)C/C(=C/CCS(=O)c2ccc(C)cc2)C(/C=C/S(=O)(=O)c2ccc(C)cc2)C1. The van der Waals surface area contributed by atoms with Gasteiger partial charge in [-0.2, -0.15) is 0 Å². The second kappa shape index (κ2) is 12.0. The monoisotopic (exact) mass is 544 g/mol. The lowest BCUT2D eigenvalue weighted by Crippen LogP contribution is -2.39. The molecule has 2 unspecified atom stereocenters. The van der Waals surface area contributed by atoms with Gasteiger partial charge in [0.1, 0.15) is 0 Å². The number of ether oxygens (including phenoxy) is 2. The first-order valence-corrected chi connectivity index (χ1v) is 14.7. The predicted octanol–water partition coefficient (Wildman–Crippen LogP) is 4.46. The van der Waals surface area contributed by atoms with Crippen LogP contribution in [0.1, 0.15) is 30.4 Å². The molecule has 2 aromatic carbocycles. The van der Waals surface area contributed by atoms with E-state index in [2.05, 4.69) is 0 Å². The Balaban J connectivity index is 1.89. The molecule has 7 nitrogen and oxygen atoms in total. The Morgan fingerprint density at radius 1 is 0.973 bits per heavy atom. The van der Waals surface area contributed by atoms with Crippen molar-refractivity contribution in [2.24, 2.45) is 11.3 Å². The number of carbonyl (C=O) groups excluding carboxylic acids is 2. The number of hydrogen-bond acceptors (Lipinski definition) is 7. The average Bonchev–Trinajstić information content (AvgIpc) is 3.26. The van der Waals surface area contributed by atoms with Gasteiger partial charge in [0.2, 0.25) is 0 Å². The van der Waals surface area contributed by atoms with E-state index in [9.17, 15) is 22.2 Å². The van der Waals surface area contributed by atoms with E-state index in [4.69, 9.17) is 9.47 Å². The fraction of sp³-hybridized carbons (Fsp3) is 0.357. The van der Waals surface area contributed by atoms with Crippen LogP contribution in [0, 0.1) is 25.2 Å². The van der Waals surface area contributed by atoms with Crippen molar-refractivity contribution in [3.63, 3.8) is 0 Å². The summed E-state index contributed by atoms with van der Waals surface area (Å²) in [6, 6.07) is 14.0. The predicted molar refractivity (Wildman–Crippen MR) is 142 cm³/mol. The number of allylic oxidation sites excluding steroid dienone is 3. The topological polar surface area (TPSA) is 104 Å². The van der Waals surface area contributed by atoms with Gasteiger partial charge in [-0.05, 0) is 57.4 Å². The Morgan fingerprint density at radius 3 is 2.05 bits per heavy atom. The lowest BCUT2D eigenvalue weighted by molar-refractivity contribution is -0.168. The molecule has 0 amide bonds. The van der Waals surface area contributed by atoms with Crippen LogP contribution in [0.4, 0.5) is 0 Å². The third-order valence-electron chi connectivity index (χ3n) is 6.54. The van der Waals surface area contributed by atoms with Crippen LogP contribution >= 0.6 is 0 Å². The van der Waals surface area contributed by atoms with E-state index >= 15 is 0 Å². The van der Waals surface area contributed by atoms with Crippen LogP contribution in [0.2, 0.25) is 0 Å². The summed E-state index contributed by atoms with van der Waals surface area (Å²) >= 11 is 0. The van der Waals surface area contributed by atoms with E-state index in [0.717, 1.165) is 21.4 Å². The van der Waals surface area contributed by atoms with Gasteiger partial charge < -0.3 is 9.47 Å². The standard InChI is InChI=1S/C28H32O7S2/c1-20-7-11-24(12-8-20)36(31)16-5-6-22-18-28(26(29)34-3,27(30)35-4)19-23(22)15-17-37(32,33)25-13-9-21(2)10-14-25/h6-15,17,23H,5,16,18-19H2,1-4H3/b17-15+,22-6-. The molecule has 1 fully saturated rings. The van der Waals surface area contributed by atoms with Crippen LogP contribution in [-0.4, -0.2) is 44.5 Å². The lowest BCUT2D eigenvalue weighted by atomic mass is 9.85. The van der Waals surface area contributed by atoms with Crippen LogP contribution in [-0.2, 0) is 39.7 Å². The maximum atomic E-state index is 12.9. The molecule has 0 aliphatic heterocycles. The van der Waals surface area contributed by atoms with Gasteiger partial charge in [-0.25, -0.2) is 8.42 Å². The highest BCUT2D eigenvalue weighted by molar-refractivity contribution is 7.94. The minimum atomic E-state index is -3.74.